The third kappa shape index (κ3) is 3.36. The average Bonchev–Trinajstić information content (AvgIpc) is 2.56. The molecule has 1 aliphatic rings. The number of hydrogen-bond acceptors (Lipinski definition) is 5. The van der Waals surface area contributed by atoms with E-state index in [2.05, 4.69) is 15.9 Å². The lowest BCUT2D eigenvalue weighted by atomic mass is 10.2. The standard InChI is InChI=1S/C15H11BrFNO5S/c16-9-1-3-12(17)11(7-9)15(19)18-24(20,21)10-2-4-13-14(8-10)23-6-5-22-13/h1-4,7-8H,5-6H2,(H,18,19). The summed E-state index contributed by atoms with van der Waals surface area (Å²) in [6.45, 7) is 0.671. The number of sulfonamides is 1. The van der Waals surface area contributed by atoms with Gasteiger partial charge in [0.2, 0.25) is 0 Å². The van der Waals surface area contributed by atoms with Crippen LogP contribution in [0.25, 0.3) is 0 Å². The van der Waals surface area contributed by atoms with Crippen molar-refractivity contribution in [1.82, 2.24) is 4.72 Å². The summed E-state index contributed by atoms with van der Waals surface area (Å²) in [5.74, 6) is -1.20. The van der Waals surface area contributed by atoms with Gasteiger partial charge in [0.25, 0.3) is 15.9 Å². The maximum Gasteiger partial charge on any atom is 0.268 e. The first-order valence-electron chi connectivity index (χ1n) is 6.79. The van der Waals surface area contributed by atoms with Crippen LogP contribution in [0.3, 0.4) is 0 Å². The summed E-state index contributed by atoms with van der Waals surface area (Å²) in [4.78, 5) is 11.9. The zero-order chi connectivity index (χ0) is 17.3. The van der Waals surface area contributed by atoms with Gasteiger partial charge in [0.05, 0.1) is 10.5 Å². The maximum atomic E-state index is 13.7. The molecule has 3 rings (SSSR count). The van der Waals surface area contributed by atoms with E-state index in [-0.39, 0.29) is 16.2 Å². The second kappa shape index (κ2) is 6.40. The minimum absolute atomic E-state index is 0.185. The molecule has 0 aromatic heterocycles. The van der Waals surface area contributed by atoms with Crippen LogP contribution in [-0.4, -0.2) is 27.5 Å². The third-order valence-corrected chi connectivity index (χ3v) is 5.05. The summed E-state index contributed by atoms with van der Waals surface area (Å²) in [7, 11) is -4.19. The molecule has 24 heavy (non-hydrogen) atoms. The number of amides is 1. The van der Waals surface area contributed by atoms with Crippen LogP contribution < -0.4 is 14.2 Å². The number of halogens is 2. The van der Waals surface area contributed by atoms with Crippen LogP contribution in [0.2, 0.25) is 0 Å². The highest BCUT2D eigenvalue weighted by Gasteiger charge is 2.23. The van der Waals surface area contributed by atoms with E-state index in [0.717, 1.165) is 6.07 Å². The van der Waals surface area contributed by atoms with Crippen LogP contribution in [0.15, 0.2) is 45.8 Å². The van der Waals surface area contributed by atoms with Gasteiger partial charge in [-0.1, -0.05) is 15.9 Å². The molecular formula is C15H11BrFNO5S. The van der Waals surface area contributed by atoms with E-state index < -0.39 is 21.7 Å². The number of benzene rings is 2. The Morgan fingerprint density at radius 2 is 1.79 bits per heavy atom. The monoisotopic (exact) mass is 415 g/mol. The van der Waals surface area contributed by atoms with E-state index in [9.17, 15) is 17.6 Å². The zero-order valence-electron chi connectivity index (χ0n) is 12.1. The number of nitrogens with one attached hydrogen (secondary N) is 1. The van der Waals surface area contributed by atoms with Gasteiger partial charge in [-0.05, 0) is 30.3 Å². The van der Waals surface area contributed by atoms with Gasteiger partial charge in [0, 0.05) is 10.5 Å². The molecule has 0 spiro atoms. The minimum Gasteiger partial charge on any atom is -0.486 e. The Labute approximate surface area is 145 Å². The zero-order valence-corrected chi connectivity index (χ0v) is 14.5. The summed E-state index contributed by atoms with van der Waals surface area (Å²) >= 11 is 3.10. The fourth-order valence-corrected chi connectivity index (χ4v) is 3.44. The van der Waals surface area contributed by atoms with Crippen LogP contribution in [0, 0.1) is 5.82 Å². The minimum atomic E-state index is -4.19. The molecule has 0 bridgehead atoms. The molecule has 0 aliphatic carbocycles. The highest BCUT2D eigenvalue weighted by atomic mass is 79.9. The van der Waals surface area contributed by atoms with Gasteiger partial charge in [0.1, 0.15) is 19.0 Å². The highest BCUT2D eigenvalue weighted by Crippen LogP contribution is 2.32. The SMILES string of the molecule is O=C(NS(=O)(=O)c1ccc2c(c1)OCCO2)c1cc(Br)ccc1F. The third-order valence-electron chi connectivity index (χ3n) is 3.22. The van der Waals surface area contributed by atoms with E-state index in [1.54, 1.807) is 0 Å². The molecule has 0 atom stereocenters. The van der Waals surface area contributed by atoms with Gasteiger partial charge in [-0.15, -0.1) is 0 Å². The van der Waals surface area contributed by atoms with Gasteiger partial charge in [-0.2, -0.15) is 0 Å². The lowest BCUT2D eigenvalue weighted by molar-refractivity contribution is 0.0977. The molecule has 0 fully saturated rings. The van der Waals surface area contributed by atoms with Crippen LogP contribution in [-0.2, 0) is 10.0 Å². The quantitative estimate of drug-likeness (QED) is 0.832. The van der Waals surface area contributed by atoms with Gasteiger partial charge in [0.15, 0.2) is 11.5 Å². The summed E-state index contributed by atoms with van der Waals surface area (Å²) in [5, 5.41) is 0. The lowest BCUT2D eigenvalue weighted by Crippen LogP contribution is -2.31. The number of carbonyl (C=O) groups excluding carboxylic acids is 1. The van der Waals surface area contributed by atoms with Crippen molar-refractivity contribution in [2.45, 2.75) is 4.90 Å². The summed E-state index contributed by atoms with van der Waals surface area (Å²) in [6.07, 6.45) is 0. The van der Waals surface area contributed by atoms with E-state index in [4.69, 9.17) is 9.47 Å². The first kappa shape index (κ1) is 16.7. The van der Waals surface area contributed by atoms with E-state index in [1.807, 2.05) is 4.72 Å². The number of ether oxygens (including phenoxy) is 2. The number of carbonyl (C=O) groups is 1. The Bertz CT molecular complexity index is 916. The fraction of sp³-hybridized carbons (Fsp3) is 0.133. The summed E-state index contributed by atoms with van der Waals surface area (Å²) < 4.78 is 51.3. The first-order valence-corrected chi connectivity index (χ1v) is 9.06. The van der Waals surface area contributed by atoms with Gasteiger partial charge in [-0.3, -0.25) is 4.79 Å². The molecule has 2 aromatic rings. The smallest absolute Gasteiger partial charge is 0.268 e. The van der Waals surface area contributed by atoms with Crippen molar-refractivity contribution in [3.05, 3.63) is 52.3 Å². The normalized spacial score (nSPS) is 13.4. The topological polar surface area (TPSA) is 81.7 Å². The van der Waals surface area contributed by atoms with Crippen molar-refractivity contribution in [2.75, 3.05) is 13.2 Å². The molecule has 1 aliphatic heterocycles. The Hall–Kier alpha value is -2.13. The van der Waals surface area contributed by atoms with Crippen molar-refractivity contribution in [1.29, 1.82) is 0 Å². The van der Waals surface area contributed by atoms with E-state index >= 15 is 0 Å². The molecule has 2 aromatic carbocycles. The average molecular weight is 416 g/mol. The molecule has 1 N–H and O–H groups in total. The second-order valence-electron chi connectivity index (χ2n) is 4.86. The van der Waals surface area contributed by atoms with Crippen molar-refractivity contribution in [3.8, 4) is 11.5 Å². The number of fused-ring (bicyclic) bond motifs is 1. The van der Waals surface area contributed by atoms with Crippen LogP contribution >= 0.6 is 15.9 Å². The van der Waals surface area contributed by atoms with Crippen molar-refractivity contribution < 1.29 is 27.1 Å². The Kier molecular flexibility index (Phi) is 4.46. The van der Waals surface area contributed by atoms with Gasteiger partial charge < -0.3 is 9.47 Å². The van der Waals surface area contributed by atoms with Crippen molar-refractivity contribution in [2.24, 2.45) is 0 Å². The highest BCUT2D eigenvalue weighted by molar-refractivity contribution is 9.10. The molecule has 6 nitrogen and oxygen atoms in total. The molecule has 9 heteroatoms. The molecule has 1 heterocycles. The predicted octanol–water partition coefficient (Wildman–Crippen LogP) is 2.48. The fourth-order valence-electron chi connectivity index (χ4n) is 2.10. The van der Waals surface area contributed by atoms with E-state index in [0.29, 0.717) is 23.4 Å². The summed E-state index contributed by atoms with van der Waals surface area (Å²) in [5.41, 5.74) is -0.384. The molecule has 0 unspecified atom stereocenters. The molecule has 126 valence electrons. The van der Waals surface area contributed by atoms with Gasteiger partial charge >= 0.3 is 0 Å². The summed E-state index contributed by atoms with van der Waals surface area (Å²) in [6, 6.07) is 7.64. The predicted molar refractivity (Wildman–Crippen MR) is 86.2 cm³/mol. The second-order valence-corrected chi connectivity index (χ2v) is 7.46. The Morgan fingerprint density at radius 1 is 1.08 bits per heavy atom. The molecular weight excluding hydrogens is 405 g/mol. The first-order chi connectivity index (χ1) is 11.4. The van der Waals surface area contributed by atoms with Crippen molar-refractivity contribution >= 4 is 31.9 Å². The van der Waals surface area contributed by atoms with E-state index in [1.165, 1.54) is 30.3 Å². The Balaban J connectivity index is 1.88. The maximum absolute atomic E-state index is 13.7. The molecule has 1 amide bonds. The molecule has 0 saturated heterocycles. The Morgan fingerprint density at radius 3 is 2.54 bits per heavy atom. The van der Waals surface area contributed by atoms with Crippen molar-refractivity contribution in [3.63, 3.8) is 0 Å². The number of rotatable bonds is 3. The molecule has 0 radical (unpaired) electrons. The van der Waals surface area contributed by atoms with Crippen LogP contribution in [0.4, 0.5) is 4.39 Å². The van der Waals surface area contributed by atoms with Gasteiger partial charge in [-0.25, -0.2) is 17.5 Å². The number of hydrogen-bond donors (Lipinski definition) is 1. The van der Waals surface area contributed by atoms with Crippen LogP contribution in [0.5, 0.6) is 11.5 Å². The largest absolute Gasteiger partial charge is 0.486 e. The van der Waals surface area contributed by atoms with Crippen LogP contribution in [0.1, 0.15) is 10.4 Å². The lowest BCUT2D eigenvalue weighted by Gasteiger charge is -2.18. The molecule has 0 saturated carbocycles.